The number of rotatable bonds is 3. The highest BCUT2D eigenvalue weighted by molar-refractivity contribution is 8.00. The van der Waals surface area contributed by atoms with Crippen LogP contribution in [-0.2, 0) is 16.6 Å². The number of benzene rings is 3. The van der Waals surface area contributed by atoms with Gasteiger partial charge in [-0.1, -0.05) is 54.2 Å². The number of aromatic amines is 1. The van der Waals surface area contributed by atoms with Crippen molar-refractivity contribution >= 4 is 39.5 Å². The van der Waals surface area contributed by atoms with Crippen LogP contribution in [0.25, 0.3) is 21.8 Å². The van der Waals surface area contributed by atoms with Crippen molar-refractivity contribution in [2.75, 3.05) is 13.6 Å². The lowest BCUT2D eigenvalue weighted by Gasteiger charge is -2.60. The first kappa shape index (κ1) is 22.7. The highest BCUT2D eigenvalue weighted by atomic mass is 32.2. The molecule has 3 heterocycles. The number of likely N-dealkylation sites (N-methyl/N-ethyl adjacent to an activating group) is 1. The molecule has 4 aliphatic rings. The minimum absolute atomic E-state index is 0.176. The number of hydrogen-bond donors (Lipinski definition) is 2. The molecule has 1 aromatic heterocycles. The summed E-state index contributed by atoms with van der Waals surface area (Å²) in [6.45, 7) is 2.32. The van der Waals surface area contributed by atoms with Gasteiger partial charge in [-0.05, 0) is 56.3 Å². The number of H-pyrrole nitrogens is 1. The average Bonchev–Trinajstić information content (AvgIpc) is 3.41. The molecule has 4 aromatic rings. The molecule has 7 heteroatoms. The van der Waals surface area contributed by atoms with E-state index in [1.54, 1.807) is 11.8 Å². The van der Waals surface area contributed by atoms with E-state index >= 15 is 0 Å². The number of nitrogens with zero attached hydrogens (tertiary/aromatic N) is 1. The van der Waals surface area contributed by atoms with Crippen LogP contribution in [0.3, 0.4) is 0 Å². The quantitative estimate of drug-likeness (QED) is 0.219. The van der Waals surface area contributed by atoms with E-state index in [4.69, 9.17) is 9.47 Å². The molecule has 3 aromatic carbocycles. The maximum absolute atomic E-state index is 12.0. The van der Waals surface area contributed by atoms with Crippen molar-refractivity contribution in [2.45, 2.75) is 47.2 Å². The van der Waals surface area contributed by atoms with Crippen LogP contribution in [0.4, 0.5) is 0 Å². The Hall–Kier alpha value is -3.26. The molecule has 0 radical (unpaired) electrons. The maximum atomic E-state index is 12.0. The molecule has 2 N–H and O–H groups in total. The minimum atomic E-state index is -0.987. The van der Waals surface area contributed by atoms with Crippen molar-refractivity contribution in [3.8, 4) is 11.5 Å². The number of likely N-dealkylation sites (tertiary alicyclic amines) is 1. The molecule has 2 bridgehead atoms. The summed E-state index contributed by atoms with van der Waals surface area (Å²) in [5.41, 5.74) is 4.06. The number of piperidine rings is 1. The number of carbonyl (C=O) groups is 1. The Morgan fingerprint density at radius 3 is 2.84 bits per heavy atom. The molecule has 192 valence electrons. The molecule has 0 saturated carbocycles. The van der Waals surface area contributed by atoms with Crippen LogP contribution in [0.5, 0.6) is 11.5 Å². The zero-order chi connectivity index (χ0) is 25.8. The number of aliphatic hydroxyl groups is 1. The Bertz CT molecular complexity index is 1690. The number of para-hydroxylation sites is 1. The number of aliphatic hydroxyl groups excluding tert-OH is 1. The van der Waals surface area contributed by atoms with E-state index in [0.29, 0.717) is 17.5 Å². The molecule has 2 aliphatic carbocycles. The van der Waals surface area contributed by atoms with E-state index in [1.807, 2.05) is 18.2 Å². The van der Waals surface area contributed by atoms with Gasteiger partial charge in [-0.15, -0.1) is 0 Å². The van der Waals surface area contributed by atoms with Crippen LogP contribution in [-0.4, -0.2) is 51.6 Å². The van der Waals surface area contributed by atoms with Crippen LogP contribution in [0.15, 0.2) is 71.6 Å². The standard InChI is InChI=1S/C31H28N2O4S/c1-17(34)36-26-11-7-18-15-25-22-10-12-27(35)31(30(22,13-14-33(25)2)28(18)29(26)37-31)38-19-8-9-21-20-5-3-4-6-23(20)32-24(21)16-19/h3-12,16,22,25,27,32,35H,13-15H2,1-2H3/t22-,25+,27-,30-,31+/m0/s1. The fourth-order valence-corrected chi connectivity index (χ4v) is 9.23. The summed E-state index contributed by atoms with van der Waals surface area (Å²) in [7, 11) is 2.20. The summed E-state index contributed by atoms with van der Waals surface area (Å²) in [5.74, 6) is 0.854. The Morgan fingerprint density at radius 2 is 1.97 bits per heavy atom. The second-order valence-electron chi connectivity index (χ2n) is 11.1. The van der Waals surface area contributed by atoms with Gasteiger partial charge in [0.25, 0.3) is 0 Å². The molecule has 1 saturated heterocycles. The molecular formula is C31H28N2O4S. The minimum Gasteiger partial charge on any atom is -0.468 e. The largest absolute Gasteiger partial charge is 0.468 e. The highest BCUT2D eigenvalue weighted by Crippen LogP contribution is 2.70. The van der Waals surface area contributed by atoms with Gasteiger partial charge in [-0.2, -0.15) is 0 Å². The summed E-state index contributed by atoms with van der Waals surface area (Å²) in [6.07, 6.45) is 5.04. The van der Waals surface area contributed by atoms with E-state index in [-0.39, 0.29) is 11.9 Å². The lowest BCUT2D eigenvalue weighted by Crippen LogP contribution is -2.69. The third-order valence-corrected chi connectivity index (χ3v) is 10.7. The molecular weight excluding hydrogens is 496 g/mol. The van der Waals surface area contributed by atoms with E-state index in [0.717, 1.165) is 40.9 Å². The third-order valence-electron chi connectivity index (χ3n) is 9.26. The van der Waals surface area contributed by atoms with E-state index < -0.39 is 16.5 Å². The molecule has 1 fully saturated rings. The van der Waals surface area contributed by atoms with Gasteiger partial charge in [-0.3, -0.25) is 4.79 Å². The first-order valence-electron chi connectivity index (χ1n) is 13.2. The summed E-state index contributed by atoms with van der Waals surface area (Å²) in [6, 6.07) is 19.0. The smallest absolute Gasteiger partial charge is 0.308 e. The van der Waals surface area contributed by atoms with Crippen LogP contribution >= 0.6 is 11.8 Å². The van der Waals surface area contributed by atoms with Crippen molar-refractivity contribution < 1.29 is 19.4 Å². The van der Waals surface area contributed by atoms with Gasteiger partial charge in [0.15, 0.2) is 16.4 Å². The second-order valence-corrected chi connectivity index (χ2v) is 12.4. The molecule has 1 spiro atoms. The number of ether oxygens (including phenoxy) is 2. The molecule has 0 amide bonds. The predicted octanol–water partition coefficient (Wildman–Crippen LogP) is 5.17. The van der Waals surface area contributed by atoms with Gasteiger partial charge in [-0.25, -0.2) is 0 Å². The Labute approximate surface area is 224 Å². The number of hydrogen-bond acceptors (Lipinski definition) is 6. The number of fused-ring (bicyclic) bond motifs is 3. The van der Waals surface area contributed by atoms with Crippen molar-refractivity contribution in [1.82, 2.24) is 9.88 Å². The van der Waals surface area contributed by atoms with Gasteiger partial charge < -0.3 is 24.5 Å². The van der Waals surface area contributed by atoms with Crippen molar-refractivity contribution in [1.29, 1.82) is 0 Å². The summed E-state index contributed by atoms with van der Waals surface area (Å²) in [5, 5.41) is 14.2. The lowest BCUT2D eigenvalue weighted by atomic mass is 9.53. The molecule has 5 atom stereocenters. The average molecular weight is 525 g/mol. The third kappa shape index (κ3) is 2.74. The highest BCUT2D eigenvalue weighted by Gasteiger charge is 2.72. The lowest BCUT2D eigenvalue weighted by molar-refractivity contribution is -0.132. The fraction of sp³-hybridized carbons (Fsp3) is 0.323. The zero-order valence-corrected chi connectivity index (χ0v) is 22.0. The SMILES string of the molecule is CC(=O)Oc1ccc2c3c1O[C@@]1(Sc4ccc5c(c4)[nH]c4ccccc45)[C@@H](O)C=C[C@H]4[C@@H](C2)N(C)CC[C@@]341. The van der Waals surface area contributed by atoms with Crippen molar-refractivity contribution in [3.63, 3.8) is 0 Å². The number of esters is 1. The summed E-state index contributed by atoms with van der Waals surface area (Å²) in [4.78, 5) is 18.1. The topological polar surface area (TPSA) is 74.8 Å². The predicted molar refractivity (Wildman–Crippen MR) is 148 cm³/mol. The van der Waals surface area contributed by atoms with Gasteiger partial charge in [0.2, 0.25) is 0 Å². The number of carbonyl (C=O) groups excluding carboxylic acids is 1. The van der Waals surface area contributed by atoms with Gasteiger partial charge in [0, 0.05) is 51.1 Å². The molecule has 0 unspecified atom stereocenters. The van der Waals surface area contributed by atoms with Crippen LogP contribution < -0.4 is 9.47 Å². The molecule has 8 rings (SSSR count). The molecule has 6 nitrogen and oxygen atoms in total. The zero-order valence-electron chi connectivity index (χ0n) is 21.2. The maximum Gasteiger partial charge on any atom is 0.308 e. The van der Waals surface area contributed by atoms with Crippen molar-refractivity contribution in [2.24, 2.45) is 5.92 Å². The number of aromatic nitrogens is 1. The van der Waals surface area contributed by atoms with Crippen molar-refractivity contribution in [3.05, 3.63) is 77.9 Å². The van der Waals surface area contributed by atoms with Crippen LogP contribution in [0.2, 0.25) is 0 Å². The molecule has 38 heavy (non-hydrogen) atoms. The Balaban J connectivity index is 1.34. The summed E-state index contributed by atoms with van der Waals surface area (Å²) >= 11 is 1.60. The molecule has 2 aliphatic heterocycles. The number of thioether (sulfide) groups is 1. The van der Waals surface area contributed by atoms with Gasteiger partial charge in [0.1, 0.15) is 6.10 Å². The van der Waals surface area contributed by atoms with Gasteiger partial charge in [0.05, 0.1) is 5.41 Å². The Morgan fingerprint density at radius 1 is 1.13 bits per heavy atom. The van der Waals surface area contributed by atoms with E-state index in [9.17, 15) is 9.90 Å². The summed E-state index contributed by atoms with van der Waals surface area (Å²) < 4.78 is 12.6. The second kappa shape index (κ2) is 7.65. The monoisotopic (exact) mass is 524 g/mol. The van der Waals surface area contributed by atoms with Crippen LogP contribution in [0, 0.1) is 5.92 Å². The first-order chi connectivity index (χ1) is 18.4. The van der Waals surface area contributed by atoms with E-state index in [2.05, 4.69) is 65.5 Å². The van der Waals surface area contributed by atoms with Crippen LogP contribution in [0.1, 0.15) is 24.5 Å². The number of nitrogens with one attached hydrogen (secondary N) is 1. The first-order valence-corrected chi connectivity index (χ1v) is 14.0. The Kier molecular flexibility index (Phi) is 4.57. The van der Waals surface area contributed by atoms with Gasteiger partial charge >= 0.3 is 5.97 Å². The fourth-order valence-electron chi connectivity index (χ4n) is 7.72. The van der Waals surface area contributed by atoms with E-state index in [1.165, 1.54) is 23.3 Å². The normalized spacial score (nSPS) is 30.9.